The minimum absolute atomic E-state index is 0.104. The third-order valence-electron chi connectivity index (χ3n) is 3.10. The van der Waals surface area contributed by atoms with Gasteiger partial charge in [-0.3, -0.25) is 10.1 Å². The second-order valence-corrected chi connectivity index (χ2v) is 5.81. The number of hydrogen-bond acceptors (Lipinski definition) is 7. The summed E-state index contributed by atoms with van der Waals surface area (Å²) in [5.41, 5.74) is 1.51. The topological polar surface area (TPSA) is 110 Å². The monoisotopic (exact) mass is 350 g/mol. The minimum Gasteiger partial charge on any atom is -0.364 e. The number of H-pyrrole nitrogens is 1. The van der Waals surface area contributed by atoms with Gasteiger partial charge < -0.3 is 10.3 Å². The summed E-state index contributed by atoms with van der Waals surface area (Å²) in [4.78, 5) is 26.4. The first-order chi connectivity index (χ1) is 11.2. The van der Waals surface area contributed by atoms with Crippen LogP contribution in [0.2, 0.25) is 5.15 Å². The Morgan fingerprint density at radius 3 is 3.00 bits per heavy atom. The van der Waals surface area contributed by atoms with Gasteiger partial charge in [-0.25, -0.2) is 15.0 Å². The number of hydrogen-bond donors (Lipinski definition) is 2. The van der Waals surface area contributed by atoms with Crippen molar-refractivity contribution in [1.82, 2.24) is 19.9 Å². The molecule has 0 saturated carbocycles. The fourth-order valence-corrected chi connectivity index (χ4v) is 3.04. The molecule has 0 aliphatic rings. The normalized spacial score (nSPS) is 10.7. The first-order valence-electron chi connectivity index (χ1n) is 6.61. The number of imidazole rings is 1. The SMILES string of the molecule is O=[N+]([O-])c1c(Cl)ncnc1NCCc1[nH]cnc1-c1cccs1. The van der Waals surface area contributed by atoms with Gasteiger partial charge in [0.05, 0.1) is 16.1 Å². The van der Waals surface area contributed by atoms with Crippen LogP contribution in [0.1, 0.15) is 5.69 Å². The van der Waals surface area contributed by atoms with Crippen LogP contribution in [-0.4, -0.2) is 31.4 Å². The molecule has 8 nitrogen and oxygen atoms in total. The zero-order valence-corrected chi connectivity index (χ0v) is 13.3. The molecule has 3 aromatic heterocycles. The van der Waals surface area contributed by atoms with Crippen molar-refractivity contribution in [1.29, 1.82) is 0 Å². The Morgan fingerprint density at radius 1 is 1.39 bits per heavy atom. The number of nitro groups is 1. The molecule has 0 aliphatic carbocycles. The maximum absolute atomic E-state index is 11.0. The smallest absolute Gasteiger partial charge is 0.348 e. The molecule has 0 bridgehead atoms. The second-order valence-electron chi connectivity index (χ2n) is 4.50. The van der Waals surface area contributed by atoms with E-state index in [1.54, 1.807) is 17.7 Å². The number of nitrogens with one attached hydrogen (secondary N) is 2. The predicted octanol–water partition coefficient (Wildman–Crippen LogP) is 3.14. The Bertz CT molecular complexity index is 820. The van der Waals surface area contributed by atoms with Crippen LogP contribution in [0.25, 0.3) is 10.6 Å². The number of anilines is 1. The van der Waals surface area contributed by atoms with Gasteiger partial charge in [0.2, 0.25) is 11.0 Å². The summed E-state index contributed by atoms with van der Waals surface area (Å²) in [7, 11) is 0. The van der Waals surface area contributed by atoms with Gasteiger partial charge in [-0.2, -0.15) is 0 Å². The summed E-state index contributed by atoms with van der Waals surface area (Å²) < 4.78 is 0. The summed E-state index contributed by atoms with van der Waals surface area (Å²) in [5, 5.41) is 15.8. The van der Waals surface area contributed by atoms with Gasteiger partial charge >= 0.3 is 5.69 Å². The van der Waals surface area contributed by atoms with Crippen molar-refractivity contribution in [2.45, 2.75) is 6.42 Å². The fourth-order valence-electron chi connectivity index (χ4n) is 2.09. The number of nitrogens with zero attached hydrogens (tertiary/aromatic N) is 4. The molecule has 0 fully saturated rings. The summed E-state index contributed by atoms with van der Waals surface area (Å²) in [6, 6.07) is 3.95. The van der Waals surface area contributed by atoms with Crippen molar-refractivity contribution in [3.63, 3.8) is 0 Å². The predicted molar refractivity (Wildman–Crippen MR) is 87.8 cm³/mol. The van der Waals surface area contributed by atoms with Gasteiger partial charge in [-0.15, -0.1) is 11.3 Å². The lowest BCUT2D eigenvalue weighted by Crippen LogP contribution is -2.10. The molecule has 0 amide bonds. The quantitative estimate of drug-likeness (QED) is 0.401. The van der Waals surface area contributed by atoms with Crippen LogP contribution < -0.4 is 5.32 Å². The van der Waals surface area contributed by atoms with Crippen LogP contribution in [0.5, 0.6) is 0 Å². The van der Waals surface area contributed by atoms with Crippen molar-refractivity contribution in [2.24, 2.45) is 0 Å². The molecule has 3 aromatic rings. The van der Waals surface area contributed by atoms with E-state index in [-0.39, 0.29) is 16.7 Å². The summed E-state index contributed by atoms with van der Waals surface area (Å²) >= 11 is 7.35. The lowest BCUT2D eigenvalue weighted by Gasteiger charge is -2.06. The molecule has 118 valence electrons. The maximum Gasteiger partial charge on any atom is 0.348 e. The van der Waals surface area contributed by atoms with Crippen LogP contribution in [0.15, 0.2) is 30.2 Å². The van der Waals surface area contributed by atoms with E-state index < -0.39 is 4.92 Å². The maximum atomic E-state index is 11.0. The van der Waals surface area contributed by atoms with Gasteiger partial charge in [0.1, 0.15) is 12.0 Å². The van der Waals surface area contributed by atoms with Crippen molar-refractivity contribution >= 4 is 34.4 Å². The first kappa shape index (κ1) is 15.4. The van der Waals surface area contributed by atoms with Gasteiger partial charge in [0.15, 0.2) is 0 Å². The number of rotatable bonds is 6. The fraction of sp³-hybridized carbons (Fsp3) is 0.154. The lowest BCUT2D eigenvalue weighted by atomic mass is 10.2. The first-order valence-corrected chi connectivity index (χ1v) is 7.87. The van der Waals surface area contributed by atoms with E-state index >= 15 is 0 Å². The molecule has 0 radical (unpaired) electrons. The van der Waals surface area contributed by atoms with Crippen LogP contribution in [0.4, 0.5) is 11.5 Å². The molecule has 0 spiro atoms. The summed E-state index contributed by atoms with van der Waals surface area (Å²) in [6.07, 6.45) is 3.42. The highest BCUT2D eigenvalue weighted by molar-refractivity contribution is 7.13. The average Bonchev–Trinajstić information content (AvgIpc) is 3.17. The Balaban J connectivity index is 1.71. The summed E-state index contributed by atoms with van der Waals surface area (Å²) in [6.45, 7) is 0.439. The molecular formula is C13H11ClN6O2S. The number of halogens is 1. The highest BCUT2D eigenvalue weighted by Gasteiger charge is 2.21. The van der Waals surface area contributed by atoms with E-state index in [1.807, 2.05) is 17.5 Å². The molecule has 10 heteroatoms. The molecule has 23 heavy (non-hydrogen) atoms. The number of aromatic amines is 1. The van der Waals surface area contributed by atoms with Gasteiger partial charge in [0.25, 0.3) is 0 Å². The average molecular weight is 351 g/mol. The number of thiophene rings is 1. The Kier molecular flexibility index (Phi) is 4.49. The Morgan fingerprint density at radius 2 is 2.26 bits per heavy atom. The van der Waals surface area contributed by atoms with Crippen molar-refractivity contribution in [2.75, 3.05) is 11.9 Å². The highest BCUT2D eigenvalue weighted by atomic mass is 35.5. The molecule has 3 heterocycles. The van der Waals surface area contributed by atoms with Gasteiger partial charge in [-0.05, 0) is 11.4 Å². The lowest BCUT2D eigenvalue weighted by molar-refractivity contribution is -0.384. The summed E-state index contributed by atoms with van der Waals surface area (Å²) in [5.74, 6) is 0.104. The van der Waals surface area contributed by atoms with E-state index in [0.717, 1.165) is 16.3 Å². The van der Waals surface area contributed by atoms with Crippen LogP contribution >= 0.6 is 22.9 Å². The molecule has 0 saturated heterocycles. The standard InChI is InChI=1S/C13H11ClN6O2S/c14-12-11(20(21)22)13(19-7-18-12)15-4-3-8-10(17-6-16-8)9-2-1-5-23-9/h1-2,5-7H,3-4H2,(H,16,17)(H,15,18,19). The Labute approximate surface area is 139 Å². The zero-order chi connectivity index (χ0) is 16.2. The third kappa shape index (κ3) is 3.30. The highest BCUT2D eigenvalue weighted by Crippen LogP contribution is 2.29. The van der Waals surface area contributed by atoms with Gasteiger partial charge in [0, 0.05) is 18.7 Å². The zero-order valence-electron chi connectivity index (χ0n) is 11.7. The van der Waals surface area contributed by atoms with E-state index in [4.69, 9.17) is 11.6 Å². The van der Waals surface area contributed by atoms with Crippen LogP contribution in [-0.2, 0) is 6.42 Å². The van der Waals surface area contributed by atoms with E-state index in [1.165, 1.54) is 6.33 Å². The van der Waals surface area contributed by atoms with E-state index in [2.05, 4.69) is 25.3 Å². The number of aromatic nitrogens is 4. The Hall–Kier alpha value is -2.52. The largest absolute Gasteiger partial charge is 0.364 e. The van der Waals surface area contributed by atoms with Crippen LogP contribution in [0.3, 0.4) is 0 Å². The molecule has 0 unspecified atom stereocenters. The third-order valence-corrected chi connectivity index (χ3v) is 4.25. The van der Waals surface area contributed by atoms with E-state index in [0.29, 0.717) is 13.0 Å². The van der Waals surface area contributed by atoms with Crippen molar-refractivity contribution in [3.8, 4) is 10.6 Å². The van der Waals surface area contributed by atoms with Crippen LogP contribution in [0, 0.1) is 10.1 Å². The molecule has 2 N–H and O–H groups in total. The molecule has 0 aliphatic heterocycles. The minimum atomic E-state index is -0.599. The molecule has 0 aromatic carbocycles. The second kappa shape index (κ2) is 6.71. The molecule has 3 rings (SSSR count). The van der Waals surface area contributed by atoms with E-state index in [9.17, 15) is 10.1 Å². The van der Waals surface area contributed by atoms with Gasteiger partial charge in [-0.1, -0.05) is 17.7 Å². The van der Waals surface area contributed by atoms with Crippen molar-refractivity contribution in [3.05, 3.63) is 51.1 Å². The van der Waals surface area contributed by atoms with Crippen molar-refractivity contribution < 1.29 is 4.92 Å². The molecular weight excluding hydrogens is 340 g/mol. The molecule has 0 atom stereocenters.